The van der Waals surface area contributed by atoms with E-state index in [0.717, 1.165) is 36.3 Å². The number of nitrogens with zero attached hydrogens (tertiary/aromatic N) is 4. The first-order chi connectivity index (χ1) is 13.9. The number of aryl methyl sites for hydroxylation is 1. The molecule has 3 rings (SSSR count). The van der Waals surface area contributed by atoms with Gasteiger partial charge in [0.1, 0.15) is 5.60 Å². The van der Waals surface area contributed by atoms with Crippen LogP contribution in [0.5, 0.6) is 0 Å². The van der Waals surface area contributed by atoms with E-state index >= 15 is 0 Å². The smallest absolute Gasteiger partial charge is 0.227 e. The van der Waals surface area contributed by atoms with Gasteiger partial charge in [-0.3, -0.25) is 9.48 Å². The molecule has 2 heterocycles. The molecule has 164 valence electrons. The quantitative estimate of drug-likeness (QED) is 0.292. The molecule has 30 heavy (non-hydrogen) atoms. The van der Waals surface area contributed by atoms with Crippen LogP contribution in [0.3, 0.4) is 0 Å². The third kappa shape index (κ3) is 6.18. The first kappa shape index (κ1) is 24.1. The number of halogens is 1. The van der Waals surface area contributed by atoms with Crippen molar-refractivity contribution in [2.45, 2.75) is 38.8 Å². The SMILES string of the molecule is CCNC(=NCc1ccc(N2CCCC2=O)cc1)NCC(C)(O)c1cnn(C)c1.I. The Hall–Kier alpha value is -2.14. The summed E-state index contributed by atoms with van der Waals surface area (Å²) in [5.74, 6) is 0.825. The van der Waals surface area contributed by atoms with Crippen LogP contribution in [-0.4, -0.2) is 46.4 Å². The van der Waals surface area contributed by atoms with E-state index in [2.05, 4.69) is 20.7 Å². The number of hydrogen-bond acceptors (Lipinski definition) is 4. The number of aliphatic imine (C=N–C) groups is 1. The van der Waals surface area contributed by atoms with Gasteiger partial charge in [-0.2, -0.15) is 5.10 Å². The van der Waals surface area contributed by atoms with Crippen molar-refractivity contribution in [1.29, 1.82) is 0 Å². The minimum absolute atomic E-state index is 0. The molecule has 1 amide bonds. The molecule has 1 saturated heterocycles. The Bertz CT molecular complexity index is 863. The summed E-state index contributed by atoms with van der Waals surface area (Å²) < 4.78 is 1.67. The lowest BCUT2D eigenvalue weighted by Gasteiger charge is -2.23. The second-order valence-corrected chi connectivity index (χ2v) is 7.54. The van der Waals surface area contributed by atoms with Gasteiger partial charge in [-0.1, -0.05) is 12.1 Å². The summed E-state index contributed by atoms with van der Waals surface area (Å²) in [5, 5.41) is 21.2. The maximum Gasteiger partial charge on any atom is 0.227 e. The molecule has 1 aliphatic heterocycles. The molecule has 1 unspecified atom stereocenters. The highest BCUT2D eigenvalue weighted by Gasteiger charge is 2.25. The lowest BCUT2D eigenvalue weighted by molar-refractivity contribution is -0.117. The number of carbonyl (C=O) groups is 1. The number of rotatable bonds is 7. The molecule has 9 heteroatoms. The van der Waals surface area contributed by atoms with E-state index in [1.165, 1.54) is 0 Å². The zero-order valence-electron chi connectivity index (χ0n) is 17.8. The number of aliphatic hydroxyl groups is 1. The fourth-order valence-electron chi connectivity index (χ4n) is 3.27. The van der Waals surface area contributed by atoms with Crippen LogP contribution in [0, 0.1) is 0 Å². The summed E-state index contributed by atoms with van der Waals surface area (Å²) in [6.07, 6.45) is 5.02. The van der Waals surface area contributed by atoms with E-state index in [4.69, 9.17) is 0 Å². The Morgan fingerprint density at radius 1 is 1.30 bits per heavy atom. The van der Waals surface area contributed by atoms with Gasteiger partial charge in [0, 0.05) is 44.0 Å². The van der Waals surface area contributed by atoms with Gasteiger partial charge in [0.25, 0.3) is 0 Å². The number of carbonyl (C=O) groups excluding carboxylic acids is 1. The largest absolute Gasteiger partial charge is 0.383 e. The highest BCUT2D eigenvalue weighted by Crippen LogP contribution is 2.22. The van der Waals surface area contributed by atoms with Crippen molar-refractivity contribution < 1.29 is 9.90 Å². The van der Waals surface area contributed by atoms with Crippen molar-refractivity contribution >= 4 is 41.5 Å². The first-order valence-corrected chi connectivity index (χ1v) is 10.0. The molecule has 0 saturated carbocycles. The van der Waals surface area contributed by atoms with Crippen molar-refractivity contribution in [2.24, 2.45) is 12.0 Å². The minimum Gasteiger partial charge on any atom is -0.383 e. The Morgan fingerprint density at radius 3 is 2.60 bits per heavy atom. The highest BCUT2D eigenvalue weighted by atomic mass is 127. The summed E-state index contributed by atoms with van der Waals surface area (Å²) in [6.45, 7) is 6.06. The molecule has 3 N–H and O–H groups in total. The lowest BCUT2D eigenvalue weighted by Crippen LogP contribution is -2.44. The number of nitrogens with one attached hydrogen (secondary N) is 2. The zero-order valence-corrected chi connectivity index (χ0v) is 20.1. The molecule has 2 aromatic rings. The van der Waals surface area contributed by atoms with Crippen LogP contribution in [0.2, 0.25) is 0 Å². The predicted octanol–water partition coefficient (Wildman–Crippen LogP) is 2.13. The Labute approximate surface area is 194 Å². The maximum atomic E-state index is 11.9. The van der Waals surface area contributed by atoms with Gasteiger partial charge in [0.15, 0.2) is 5.96 Å². The fraction of sp³-hybridized carbons (Fsp3) is 0.476. The number of amides is 1. The van der Waals surface area contributed by atoms with Gasteiger partial charge in [0.05, 0.1) is 19.3 Å². The Kier molecular flexibility index (Phi) is 8.65. The zero-order chi connectivity index (χ0) is 20.9. The van der Waals surface area contributed by atoms with Crippen LogP contribution in [0.1, 0.15) is 37.8 Å². The second-order valence-electron chi connectivity index (χ2n) is 7.54. The molecular weight excluding hydrogens is 495 g/mol. The summed E-state index contributed by atoms with van der Waals surface area (Å²) in [6, 6.07) is 7.95. The molecule has 1 atom stereocenters. The van der Waals surface area contributed by atoms with E-state index < -0.39 is 5.60 Å². The van der Waals surface area contributed by atoms with Crippen molar-refractivity contribution in [1.82, 2.24) is 20.4 Å². The van der Waals surface area contributed by atoms with E-state index in [1.807, 2.05) is 43.1 Å². The van der Waals surface area contributed by atoms with E-state index in [1.54, 1.807) is 24.0 Å². The number of aromatic nitrogens is 2. The molecular formula is C21H31IN6O2. The average Bonchev–Trinajstić information content (AvgIpc) is 3.33. The van der Waals surface area contributed by atoms with Gasteiger partial charge >= 0.3 is 0 Å². The van der Waals surface area contributed by atoms with Crippen LogP contribution < -0.4 is 15.5 Å². The molecule has 0 aliphatic carbocycles. The summed E-state index contributed by atoms with van der Waals surface area (Å²) in [4.78, 5) is 18.3. The number of hydrogen-bond donors (Lipinski definition) is 3. The molecule has 1 aromatic carbocycles. The van der Waals surface area contributed by atoms with Crippen molar-refractivity contribution in [3.8, 4) is 0 Å². The third-order valence-electron chi connectivity index (χ3n) is 5.01. The van der Waals surface area contributed by atoms with Gasteiger partial charge in [-0.15, -0.1) is 24.0 Å². The van der Waals surface area contributed by atoms with Crippen LogP contribution in [0.15, 0.2) is 41.7 Å². The van der Waals surface area contributed by atoms with Crippen molar-refractivity contribution in [3.63, 3.8) is 0 Å². The minimum atomic E-state index is -1.06. The third-order valence-corrected chi connectivity index (χ3v) is 5.01. The number of benzene rings is 1. The monoisotopic (exact) mass is 526 g/mol. The molecule has 1 aromatic heterocycles. The Balaban J connectivity index is 0.00000320. The lowest BCUT2D eigenvalue weighted by atomic mass is 10.00. The molecule has 1 fully saturated rings. The van der Waals surface area contributed by atoms with Crippen molar-refractivity contribution in [3.05, 3.63) is 47.8 Å². The average molecular weight is 526 g/mol. The Morgan fingerprint density at radius 2 is 2.03 bits per heavy atom. The van der Waals surface area contributed by atoms with Gasteiger partial charge in [-0.05, 0) is 38.0 Å². The first-order valence-electron chi connectivity index (χ1n) is 10.0. The predicted molar refractivity (Wildman–Crippen MR) is 129 cm³/mol. The maximum absolute atomic E-state index is 11.9. The van der Waals surface area contributed by atoms with Crippen LogP contribution in [0.4, 0.5) is 5.69 Å². The normalized spacial score (nSPS) is 16.2. The fourth-order valence-corrected chi connectivity index (χ4v) is 3.27. The summed E-state index contributed by atoms with van der Waals surface area (Å²) in [5.41, 5.74) is 1.68. The van der Waals surface area contributed by atoms with E-state index in [-0.39, 0.29) is 29.9 Å². The number of anilines is 1. The van der Waals surface area contributed by atoms with Crippen molar-refractivity contribution in [2.75, 3.05) is 24.5 Å². The molecule has 0 radical (unpaired) electrons. The van der Waals surface area contributed by atoms with E-state index in [9.17, 15) is 9.90 Å². The topological polar surface area (TPSA) is 94.8 Å². The molecule has 0 bridgehead atoms. The second kappa shape index (κ2) is 10.8. The highest BCUT2D eigenvalue weighted by molar-refractivity contribution is 14.0. The molecule has 8 nitrogen and oxygen atoms in total. The summed E-state index contributed by atoms with van der Waals surface area (Å²) in [7, 11) is 1.82. The molecule has 1 aliphatic rings. The van der Waals surface area contributed by atoms with Gasteiger partial charge in [0.2, 0.25) is 5.91 Å². The van der Waals surface area contributed by atoms with Crippen LogP contribution >= 0.6 is 24.0 Å². The van der Waals surface area contributed by atoms with Crippen LogP contribution in [0.25, 0.3) is 0 Å². The van der Waals surface area contributed by atoms with Gasteiger partial charge < -0.3 is 20.6 Å². The van der Waals surface area contributed by atoms with E-state index in [0.29, 0.717) is 25.5 Å². The molecule has 0 spiro atoms. The summed E-state index contributed by atoms with van der Waals surface area (Å²) >= 11 is 0. The number of guanidine groups is 1. The van der Waals surface area contributed by atoms with Crippen LogP contribution in [-0.2, 0) is 24.0 Å². The standard InChI is InChI=1S/C21H30N6O2.HI/c1-4-22-20(24-15-21(2,29)17-13-25-26(3)14-17)23-12-16-7-9-18(10-8-16)27-11-5-6-19(27)28;/h7-10,13-14,29H,4-6,11-12,15H2,1-3H3,(H2,22,23,24);1H. The van der Waals surface area contributed by atoms with Gasteiger partial charge in [-0.25, -0.2) is 4.99 Å².